The lowest BCUT2D eigenvalue weighted by molar-refractivity contribution is -0.135. The van der Waals surface area contributed by atoms with E-state index in [0.717, 1.165) is 24.2 Å². The first-order valence-electron chi connectivity index (χ1n) is 9.97. The minimum absolute atomic E-state index is 0.168. The number of carbonyl (C=O) groups excluding carboxylic acids is 1. The van der Waals surface area contributed by atoms with E-state index in [2.05, 4.69) is 0 Å². The lowest BCUT2D eigenvalue weighted by Gasteiger charge is -2.35. The minimum atomic E-state index is -3.71. The zero-order chi connectivity index (χ0) is 20.9. The summed E-state index contributed by atoms with van der Waals surface area (Å²) in [7, 11) is -1.98. The molecule has 29 heavy (non-hydrogen) atoms. The highest BCUT2D eigenvalue weighted by molar-refractivity contribution is 7.89. The number of nitrogens with zero attached hydrogens (tertiary/aromatic N) is 2. The quantitative estimate of drug-likeness (QED) is 0.695. The molecule has 1 aliphatic rings. The Morgan fingerprint density at radius 3 is 2.45 bits per heavy atom. The van der Waals surface area contributed by atoms with E-state index in [9.17, 15) is 13.2 Å². The van der Waals surface area contributed by atoms with E-state index >= 15 is 0 Å². The third kappa shape index (κ3) is 4.97. The highest BCUT2D eigenvalue weighted by Crippen LogP contribution is 2.26. The van der Waals surface area contributed by atoms with Gasteiger partial charge in [0.15, 0.2) is 0 Å². The second-order valence-electron chi connectivity index (χ2n) is 7.21. The van der Waals surface area contributed by atoms with Gasteiger partial charge in [-0.1, -0.05) is 36.8 Å². The van der Waals surface area contributed by atoms with Crippen molar-refractivity contribution < 1.29 is 17.9 Å². The Kier molecular flexibility index (Phi) is 6.92. The van der Waals surface area contributed by atoms with Crippen molar-refractivity contribution in [2.24, 2.45) is 0 Å². The normalized spacial score (nSPS) is 17.7. The van der Waals surface area contributed by atoms with E-state index in [1.54, 1.807) is 42.3 Å². The van der Waals surface area contributed by atoms with E-state index in [4.69, 9.17) is 4.74 Å². The van der Waals surface area contributed by atoms with Crippen LogP contribution in [0.4, 0.5) is 0 Å². The molecule has 6 nitrogen and oxygen atoms in total. The number of ether oxygens (including phenoxy) is 1. The lowest BCUT2D eigenvalue weighted by atomic mass is 10.0. The van der Waals surface area contributed by atoms with E-state index in [0.29, 0.717) is 26.1 Å². The zero-order valence-electron chi connectivity index (χ0n) is 17.0. The fourth-order valence-electron chi connectivity index (χ4n) is 3.63. The number of benzene rings is 2. The second-order valence-corrected chi connectivity index (χ2v) is 9.10. The van der Waals surface area contributed by atoms with Crippen LogP contribution in [0, 0.1) is 0 Å². The Hall–Kier alpha value is -2.38. The Labute approximate surface area is 173 Å². The van der Waals surface area contributed by atoms with Gasteiger partial charge in [0.2, 0.25) is 15.9 Å². The van der Waals surface area contributed by atoms with E-state index in [1.807, 2.05) is 31.2 Å². The predicted molar refractivity (Wildman–Crippen MR) is 112 cm³/mol. The molecule has 1 atom stereocenters. The summed E-state index contributed by atoms with van der Waals surface area (Å²) >= 11 is 0. The maximum absolute atomic E-state index is 13.2. The molecule has 0 saturated carbocycles. The van der Waals surface area contributed by atoms with Crippen molar-refractivity contribution in [3.8, 4) is 5.75 Å². The van der Waals surface area contributed by atoms with Crippen molar-refractivity contribution in [1.82, 2.24) is 9.21 Å². The summed E-state index contributed by atoms with van der Waals surface area (Å²) in [6.45, 7) is 3.32. The lowest BCUT2D eigenvalue weighted by Crippen LogP contribution is -2.51. The summed E-state index contributed by atoms with van der Waals surface area (Å²) < 4.78 is 33.1. The largest absolute Gasteiger partial charge is 0.494 e. The second kappa shape index (κ2) is 9.41. The van der Waals surface area contributed by atoms with Crippen molar-refractivity contribution >= 4 is 15.9 Å². The van der Waals surface area contributed by atoms with Gasteiger partial charge in [0.05, 0.1) is 11.5 Å². The summed E-state index contributed by atoms with van der Waals surface area (Å²) in [5.74, 6) is 0.621. The van der Waals surface area contributed by atoms with Gasteiger partial charge in [0.25, 0.3) is 0 Å². The molecule has 2 aromatic carbocycles. The molecule has 1 amide bonds. The molecule has 0 bridgehead atoms. The SMILES string of the molecule is CCOc1ccc(CN(C)C(=O)C2CCCCN2S(=O)(=O)c2ccccc2)cc1. The fraction of sp³-hybridized carbons (Fsp3) is 0.409. The van der Waals surface area contributed by atoms with Gasteiger partial charge in [-0.2, -0.15) is 4.31 Å². The number of hydrogen-bond acceptors (Lipinski definition) is 4. The van der Waals surface area contributed by atoms with Crippen LogP contribution in [-0.2, 0) is 21.4 Å². The standard InChI is InChI=1S/C22H28N2O4S/c1-3-28-19-14-12-18(13-15-19)17-23(2)22(25)21-11-7-8-16-24(21)29(26,27)20-9-5-4-6-10-20/h4-6,9-10,12-15,21H,3,7-8,11,16-17H2,1-2H3. The smallest absolute Gasteiger partial charge is 0.243 e. The Morgan fingerprint density at radius 2 is 1.79 bits per heavy atom. The van der Waals surface area contributed by atoms with Crippen LogP contribution in [0.15, 0.2) is 59.5 Å². The molecular formula is C22H28N2O4S. The number of hydrogen-bond donors (Lipinski definition) is 0. The van der Waals surface area contributed by atoms with E-state index in [-0.39, 0.29) is 10.8 Å². The Balaban J connectivity index is 1.75. The number of piperidine rings is 1. The number of sulfonamides is 1. The van der Waals surface area contributed by atoms with Crippen LogP contribution in [0.3, 0.4) is 0 Å². The molecule has 1 aliphatic heterocycles. The summed E-state index contributed by atoms with van der Waals surface area (Å²) in [5.41, 5.74) is 0.970. The molecule has 1 saturated heterocycles. The van der Waals surface area contributed by atoms with Gasteiger partial charge in [0.1, 0.15) is 11.8 Å². The summed E-state index contributed by atoms with van der Waals surface area (Å²) in [5, 5.41) is 0. The van der Waals surface area contributed by atoms with Crippen LogP contribution in [0.2, 0.25) is 0 Å². The summed E-state index contributed by atoms with van der Waals surface area (Å²) in [6, 6.07) is 15.3. The van der Waals surface area contributed by atoms with Crippen LogP contribution in [0.1, 0.15) is 31.7 Å². The first-order valence-corrected chi connectivity index (χ1v) is 11.4. The molecule has 0 aliphatic carbocycles. The zero-order valence-corrected chi connectivity index (χ0v) is 17.8. The number of likely N-dealkylation sites (N-methyl/N-ethyl adjacent to an activating group) is 1. The Bertz CT molecular complexity index is 914. The van der Waals surface area contributed by atoms with E-state index < -0.39 is 16.1 Å². The number of carbonyl (C=O) groups is 1. The van der Waals surface area contributed by atoms with Gasteiger partial charge in [-0.3, -0.25) is 4.79 Å². The van der Waals surface area contributed by atoms with Crippen LogP contribution in [0.5, 0.6) is 5.75 Å². The first-order chi connectivity index (χ1) is 13.9. The van der Waals surface area contributed by atoms with Gasteiger partial charge in [-0.15, -0.1) is 0 Å². The monoisotopic (exact) mass is 416 g/mol. The molecule has 7 heteroatoms. The molecule has 0 N–H and O–H groups in total. The molecule has 0 spiro atoms. The predicted octanol–water partition coefficient (Wildman–Crippen LogP) is 3.29. The average Bonchev–Trinajstić information content (AvgIpc) is 2.75. The van der Waals surface area contributed by atoms with Gasteiger partial charge in [0, 0.05) is 20.1 Å². The fourth-order valence-corrected chi connectivity index (χ4v) is 5.30. The van der Waals surface area contributed by atoms with Gasteiger partial charge in [-0.25, -0.2) is 8.42 Å². The minimum Gasteiger partial charge on any atom is -0.494 e. The molecule has 156 valence electrons. The first kappa shape index (κ1) is 21.3. The molecule has 2 aromatic rings. The van der Waals surface area contributed by atoms with Gasteiger partial charge < -0.3 is 9.64 Å². The third-order valence-electron chi connectivity index (χ3n) is 5.12. The van der Waals surface area contributed by atoms with Crippen molar-refractivity contribution in [3.63, 3.8) is 0 Å². The molecule has 0 aromatic heterocycles. The van der Waals surface area contributed by atoms with Crippen LogP contribution >= 0.6 is 0 Å². The van der Waals surface area contributed by atoms with Gasteiger partial charge >= 0.3 is 0 Å². The third-order valence-corrected chi connectivity index (χ3v) is 7.04. The van der Waals surface area contributed by atoms with Gasteiger partial charge in [-0.05, 0) is 49.6 Å². The van der Waals surface area contributed by atoms with Crippen molar-refractivity contribution in [1.29, 1.82) is 0 Å². The van der Waals surface area contributed by atoms with Crippen molar-refractivity contribution in [3.05, 3.63) is 60.2 Å². The number of rotatable bonds is 7. The summed E-state index contributed by atoms with van der Waals surface area (Å²) in [4.78, 5) is 15.0. The topological polar surface area (TPSA) is 66.9 Å². The highest BCUT2D eigenvalue weighted by atomic mass is 32.2. The molecule has 0 radical (unpaired) electrons. The Morgan fingerprint density at radius 1 is 1.10 bits per heavy atom. The number of amides is 1. The summed E-state index contributed by atoms with van der Waals surface area (Å²) in [6.07, 6.45) is 2.14. The average molecular weight is 417 g/mol. The molecule has 1 heterocycles. The maximum Gasteiger partial charge on any atom is 0.243 e. The van der Waals surface area contributed by atoms with Crippen LogP contribution < -0.4 is 4.74 Å². The van der Waals surface area contributed by atoms with E-state index in [1.165, 1.54) is 4.31 Å². The van der Waals surface area contributed by atoms with Crippen molar-refractivity contribution in [2.45, 2.75) is 43.7 Å². The van der Waals surface area contributed by atoms with Crippen molar-refractivity contribution in [2.75, 3.05) is 20.2 Å². The molecule has 3 rings (SSSR count). The maximum atomic E-state index is 13.2. The van der Waals surface area contributed by atoms with Crippen LogP contribution in [0.25, 0.3) is 0 Å². The molecule has 1 unspecified atom stereocenters. The molecule has 1 fully saturated rings. The van der Waals surface area contributed by atoms with Crippen LogP contribution in [-0.4, -0.2) is 49.8 Å². The molecular weight excluding hydrogens is 388 g/mol. The highest BCUT2D eigenvalue weighted by Gasteiger charge is 2.38.